The molecule has 0 unspecified atom stereocenters. The maximum atomic E-state index is 12.7. The predicted octanol–water partition coefficient (Wildman–Crippen LogP) is 0.795. The highest BCUT2D eigenvalue weighted by atomic mass is 16.5. The van der Waals surface area contributed by atoms with Crippen molar-refractivity contribution in [3.8, 4) is 0 Å². The number of ether oxygens (including phenoxy) is 1. The van der Waals surface area contributed by atoms with Gasteiger partial charge in [0, 0.05) is 37.9 Å². The maximum Gasteiger partial charge on any atom is 0.317 e. The monoisotopic (exact) mass is 375 g/mol. The Morgan fingerprint density at radius 2 is 1.81 bits per heavy atom. The van der Waals surface area contributed by atoms with E-state index in [2.05, 4.69) is 10.3 Å². The number of aryl methyl sites for hydroxylation is 1. The van der Waals surface area contributed by atoms with Gasteiger partial charge in [-0.05, 0) is 38.5 Å². The number of fused-ring (bicyclic) bond motifs is 1. The minimum Gasteiger partial charge on any atom is -0.378 e. The number of carbonyl (C=O) groups excluding carboxylic acids is 2. The lowest BCUT2D eigenvalue weighted by Crippen LogP contribution is -2.52. The summed E-state index contributed by atoms with van der Waals surface area (Å²) >= 11 is 0. The summed E-state index contributed by atoms with van der Waals surface area (Å²) in [6, 6.07) is 0.138. The van der Waals surface area contributed by atoms with E-state index in [9.17, 15) is 9.59 Å². The highest BCUT2D eigenvalue weighted by molar-refractivity contribution is 5.76. The number of nitrogens with zero attached hydrogens (tertiary/aromatic N) is 4. The lowest BCUT2D eigenvalue weighted by molar-refractivity contribution is -0.132. The smallest absolute Gasteiger partial charge is 0.317 e. The van der Waals surface area contributed by atoms with Gasteiger partial charge in [-0.2, -0.15) is 0 Å². The molecule has 3 heterocycles. The number of urea groups is 1. The molecule has 27 heavy (non-hydrogen) atoms. The van der Waals surface area contributed by atoms with E-state index in [0.717, 1.165) is 25.7 Å². The Kier molecular flexibility index (Phi) is 5.61. The molecule has 0 radical (unpaired) electrons. The van der Waals surface area contributed by atoms with E-state index in [1.165, 1.54) is 24.2 Å². The molecule has 1 aromatic heterocycles. The summed E-state index contributed by atoms with van der Waals surface area (Å²) in [5.41, 5.74) is 2.40. The minimum atomic E-state index is -0.00637. The van der Waals surface area contributed by atoms with E-state index in [-0.39, 0.29) is 18.0 Å². The van der Waals surface area contributed by atoms with Crippen molar-refractivity contribution < 1.29 is 14.3 Å². The van der Waals surface area contributed by atoms with Crippen molar-refractivity contribution in [2.45, 2.75) is 51.1 Å². The molecule has 0 atom stereocenters. The Balaban J connectivity index is 1.24. The number of rotatable bonds is 3. The lowest BCUT2D eigenvalue weighted by atomic mass is 10.0. The Bertz CT molecular complexity index is 675. The summed E-state index contributed by atoms with van der Waals surface area (Å²) in [6.45, 7) is 4.30. The first-order valence-corrected chi connectivity index (χ1v) is 10.1. The van der Waals surface area contributed by atoms with Crippen LogP contribution in [0.2, 0.25) is 0 Å². The average molecular weight is 375 g/mol. The number of piperidine rings is 1. The van der Waals surface area contributed by atoms with Crippen LogP contribution in [0, 0.1) is 0 Å². The molecule has 2 saturated heterocycles. The molecule has 148 valence electrons. The van der Waals surface area contributed by atoms with Gasteiger partial charge in [-0.15, -0.1) is 0 Å². The molecule has 4 rings (SSSR count). The van der Waals surface area contributed by atoms with Crippen LogP contribution >= 0.6 is 0 Å². The predicted molar refractivity (Wildman–Crippen MR) is 99.4 cm³/mol. The summed E-state index contributed by atoms with van der Waals surface area (Å²) in [5, 5.41) is 3.11. The lowest BCUT2D eigenvalue weighted by Gasteiger charge is -2.34. The van der Waals surface area contributed by atoms with E-state index in [0.29, 0.717) is 45.9 Å². The van der Waals surface area contributed by atoms with Gasteiger partial charge >= 0.3 is 6.03 Å². The van der Waals surface area contributed by atoms with Crippen LogP contribution in [-0.4, -0.2) is 76.7 Å². The third-order valence-electron chi connectivity index (χ3n) is 5.89. The van der Waals surface area contributed by atoms with Crippen molar-refractivity contribution in [3.63, 3.8) is 0 Å². The van der Waals surface area contributed by atoms with Crippen LogP contribution in [0.3, 0.4) is 0 Å². The first kappa shape index (κ1) is 18.3. The van der Waals surface area contributed by atoms with Crippen LogP contribution < -0.4 is 5.32 Å². The number of nitrogens with one attached hydrogen (secondary N) is 1. The molecule has 1 N–H and O–H groups in total. The molecular formula is C19H29N5O3. The maximum absolute atomic E-state index is 12.7. The molecule has 1 aliphatic carbocycles. The second-order valence-corrected chi connectivity index (χ2v) is 7.68. The van der Waals surface area contributed by atoms with Crippen molar-refractivity contribution in [3.05, 3.63) is 17.7 Å². The van der Waals surface area contributed by atoms with Crippen LogP contribution in [0.1, 0.15) is 37.1 Å². The van der Waals surface area contributed by atoms with Crippen molar-refractivity contribution in [2.75, 3.05) is 39.4 Å². The van der Waals surface area contributed by atoms with Gasteiger partial charge in [0.15, 0.2) is 0 Å². The number of hydrogen-bond acceptors (Lipinski definition) is 4. The van der Waals surface area contributed by atoms with Crippen LogP contribution in [0.5, 0.6) is 0 Å². The van der Waals surface area contributed by atoms with E-state index in [1.54, 1.807) is 0 Å². The molecular weight excluding hydrogens is 346 g/mol. The number of imidazole rings is 1. The van der Waals surface area contributed by atoms with Gasteiger partial charge in [0.05, 0.1) is 25.2 Å². The van der Waals surface area contributed by atoms with Gasteiger partial charge in [0.2, 0.25) is 5.91 Å². The SMILES string of the molecule is O=C(Cn1cnc2c1CCCC2)N1CCC(NC(=O)N2CCOCC2)CC1. The Morgan fingerprint density at radius 3 is 2.59 bits per heavy atom. The number of likely N-dealkylation sites (tertiary alicyclic amines) is 1. The molecule has 8 heteroatoms. The van der Waals surface area contributed by atoms with Crippen molar-refractivity contribution in [1.82, 2.24) is 24.7 Å². The fraction of sp³-hybridized carbons (Fsp3) is 0.737. The summed E-state index contributed by atoms with van der Waals surface area (Å²) in [7, 11) is 0. The zero-order chi connectivity index (χ0) is 18.6. The standard InChI is InChI=1S/C19H29N5O3/c25-18(13-24-14-20-16-3-1-2-4-17(16)24)22-7-5-15(6-8-22)21-19(26)23-9-11-27-12-10-23/h14-15H,1-13H2,(H,21,26). The van der Waals surface area contributed by atoms with Gasteiger partial charge in [0.1, 0.15) is 6.54 Å². The first-order chi connectivity index (χ1) is 13.2. The molecule has 0 aromatic carbocycles. The topological polar surface area (TPSA) is 79.7 Å². The quantitative estimate of drug-likeness (QED) is 0.847. The van der Waals surface area contributed by atoms with E-state index in [4.69, 9.17) is 4.74 Å². The third-order valence-corrected chi connectivity index (χ3v) is 5.89. The normalized spacial score (nSPS) is 21.0. The van der Waals surface area contributed by atoms with E-state index in [1.807, 2.05) is 20.7 Å². The number of amides is 3. The van der Waals surface area contributed by atoms with Crippen LogP contribution in [-0.2, 0) is 28.9 Å². The van der Waals surface area contributed by atoms with Gasteiger partial charge in [-0.25, -0.2) is 9.78 Å². The number of morpholine rings is 1. The van der Waals surface area contributed by atoms with Crippen LogP contribution in [0.4, 0.5) is 4.79 Å². The van der Waals surface area contributed by atoms with E-state index >= 15 is 0 Å². The van der Waals surface area contributed by atoms with E-state index < -0.39 is 0 Å². The molecule has 0 spiro atoms. The second-order valence-electron chi connectivity index (χ2n) is 7.68. The molecule has 8 nitrogen and oxygen atoms in total. The molecule has 0 bridgehead atoms. The highest BCUT2D eigenvalue weighted by Gasteiger charge is 2.26. The minimum absolute atomic E-state index is 0.00637. The fourth-order valence-electron chi connectivity index (χ4n) is 4.22. The van der Waals surface area contributed by atoms with Crippen LogP contribution in [0.15, 0.2) is 6.33 Å². The summed E-state index contributed by atoms with van der Waals surface area (Å²) in [4.78, 5) is 33.2. The first-order valence-electron chi connectivity index (χ1n) is 10.1. The van der Waals surface area contributed by atoms with Crippen LogP contribution in [0.25, 0.3) is 0 Å². The Morgan fingerprint density at radius 1 is 1.07 bits per heavy atom. The van der Waals surface area contributed by atoms with Gasteiger partial charge in [-0.3, -0.25) is 4.79 Å². The fourth-order valence-corrected chi connectivity index (χ4v) is 4.22. The van der Waals surface area contributed by atoms with Crippen molar-refractivity contribution in [2.24, 2.45) is 0 Å². The second kappa shape index (κ2) is 8.29. The third kappa shape index (κ3) is 4.26. The number of carbonyl (C=O) groups is 2. The highest BCUT2D eigenvalue weighted by Crippen LogP contribution is 2.20. The number of aromatic nitrogens is 2. The Hall–Kier alpha value is -2.09. The summed E-state index contributed by atoms with van der Waals surface area (Å²) < 4.78 is 7.32. The van der Waals surface area contributed by atoms with Gasteiger partial charge in [0.25, 0.3) is 0 Å². The van der Waals surface area contributed by atoms with Crippen molar-refractivity contribution >= 4 is 11.9 Å². The molecule has 2 fully saturated rings. The molecule has 1 aromatic rings. The zero-order valence-corrected chi connectivity index (χ0v) is 15.9. The van der Waals surface area contributed by atoms with Gasteiger partial charge < -0.3 is 24.4 Å². The Labute approximate surface area is 159 Å². The summed E-state index contributed by atoms with van der Waals surface area (Å²) in [5.74, 6) is 0.152. The molecule has 0 saturated carbocycles. The molecule has 3 aliphatic rings. The molecule has 3 amide bonds. The van der Waals surface area contributed by atoms with Gasteiger partial charge in [-0.1, -0.05) is 0 Å². The number of hydrogen-bond donors (Lipinski definition) is 1. The average Bonchev–Trinajstić information content (AvgIpc) is 3.12. The summed E-state index contributed by atoms with van der Waals surface area (Å²) in [6.07, 6.45) is 7.88. The largest absolute Gasteiger partial charge is 0.378 e. The van der Waals surface area contributed by atoms with Crippen molar-refractivity contribution in [1.29, 1.82) is 0 Å². The molecule has 2 aliphatic heterocycles. The zero-order valence-electron chi connectivity index (χ0n) is 15.9.